The molecular weight excluding hydrogens is 273 g/mol. The predicted molar refractivity (Wildman–Crippen MR) is 79.6 cm³/mol. The van der Waals surface area contributed by atoms with Gasteiger partial charge < -0.3 is 15.2 Å². The molecular formula is C16H24FNO3. The quantitative estimate of drug-likeness (QED) is 0.736. The van der Waals surface area contributed by atoms with E-state index in [4.69, 9.17) is 4.74 Å². The zero-order chi connectivity index (χ0) is 15.7. The van der Waals surface area contributed by atoms with Crippen molar-refractivity contribution in [2.75, 3.05) is 13.2 Å². The average Bonchev–Trinajstić information content (AvgIpc) is 2.46. The van der Waals surface area contributed by atoms with Crippen molar-refractivity contribution in [2.45, 2.75) is 39.2 Å². The Labute approximate surface area is 125 Å². The second-order valence-corrected chi connectivity index (χ2v) is 5.00. The maximum atomic E-state index is 12.9. The van der Waals surface area contributed by atoms with Crippen LogP contribution in [0.2, 0.25) is 0 Å². The largest absolute Gasteiger partial charge is 0.493 e. The van der Waals surface area contributed by atoms with E-state index in [1.54, 1.807) is 12.1 Å². The van der Waals surface area contributed by atoms with E-state index in [9.17, 15) is 14.3 Å². The molecule has 0 saturated heterocycles. The van der Waals surface area contributed by atoms with Crippen LogP contribution in [0.1, 0.15) is 33.1 Å². The van der Waals surface area contributed by atoms with Gasteiger partial charge in [0.2, 0.25) is 5.91 Å². The topological polar surface area (TPSA) is 58.6 Å². The number of nitrogens with one attached hydrogen (secondary N) is 1. The third kappa shape index (κ3) is 6.58. The molecule has 0 saturated carbocycles. The van der Waals surface area contributed by atoms with Gasteiger partial charge in [0.15, 0.2) is 0 Å². The van der Waals surface area contributed by atoms with Gasteiger partial charge in [-0.25, -0.2) is 4.39 Å². The number of carbonyl (C=O) groups is 1. The van der Waals surface area contributed by atoms with Crippen molar-refractivity contribution < 1.29 is 19.0 Å². The molecule has 2 N–H and O–H groups in total. The first-order valence-corrected chi connectivity index (χ1v) is 7.39. The Morgan fingerprint density at radius 1 is 1.38 bits per heavy atom. The molecule has 0 heterocycles. The molecule has 0 bridgehead atoms. The smallest absolute Gasteiger partial charge is 0.223 e. The fourth-order valence-electron chi connectivity index (χ4n) is 2.12. The Morgan fingerprint density at radius 3 is 2.71 bits per heavy atom. The SMILES string of the molecule is CCC(CC)C(O)CNC(=O)CCOc1cccc(F)c1. The van der Waals surface area contributed by atoms with Gasteiger partial charge in [0.1, 0.15) is 11.6 Å². The zero-order valence-electron chi connectivity index (χ0n) is 12.6. The summed E-state index contributed by atoms with van der Waals surface area (Å²) >= 11 is 0. The number of ether oxygens (including phenoxy) is 1. The van der Waals surface area contributed by atoms with E-state index in [0.29, 0.717) is 5.75 Å². The lowest BCUT2D eigenvalue weighted by molar-refractivity contribution is -0.122. The highest BCUT2D eigenvalue weighted by atomic mass is 19.1. The summed E-state index contributed by atoms with van der Waals surface area (Å²) in [6.45, 7) is 4.47. The molecule has 0 spiro atoms. The Balaban J connectivity index is 2.22. The molecule has 0 aliphatic carbocycles. The highest BCUT2D eigenvalue weighted by Crippen LogP contribution is 2.13. The monoisotopic (exact) mass is 297 g/mol. The number of halogens is 1. The molecule has 1 aromatic rings. The van der Waals surface area contributed by atoms with Crippen molar-refractivity contribution >= 4 is 5.91 Å². The average molecular weight is 297 g/mol. The lowest BCUT2D eigenvalue weighted by atomic mass is 9.96. The summed E-state index contributed by atoms with van der Waals surface area (Å²) in [6.07, 6.45) is 1.42. The number of aliphatic hydroxyl groups is 1. The van der Waals surface area contributed by atoms with Crippen molar-refractivity contribution in [3.8, 4) is 5.75 Å². The van der Waals surface area contributed by atoms with E-state index in [1.165, 1.54) is 12.1 Å². The molecule has 21 heavy (non-hydrogen) atoms. The lowest BCUT2D eigenvalue weighted by Gasteiger charge is -2.20. The summed E-state index contributed by atoms with van der Waals surface area (Å²) in [5.74, 6) is 0.0513. The van der Waals surface area contributed by atoms with E-state index in [1.807, 2.05) is 13.8 Å². The van der Waals surface area contributed by atoms with Crippen molar-refractivity contribution in [2.24, 2.45) is 5.92 Å². The second kappa shape index (κ2) is 9.34. The molecule has 1 atom stereocenters. The van der Waals surface area contributed by atoms with Gasteiger partial charge in [-0.05, 0) is 18.1 Å². The van der Waals surface area contributed by atoms with Crippen LogP contribution in [0.25, 0.3) is 0 Å². The molecule has 0 radical (unpaired) electrons. The molecule has 0 aliphatic rings. The number of hydrogen-bond acceptors (Lipinski definition) is 3. The van der Waals surface area contributed by atoms with Crippen molar-refractivity contribution in [1.82, 2.24) is 5.32 Å². The lowest BCUT2D eigenvalue weighted by Crippen LogP contribution is -2.36. The summed E-state index contributed by atoms with van der Waals surface area (Å²) in [7, 11) is 0. The van der Waals surface area contributed by atoms with Crippen LogP contribution >= 0.6 is 0 Å². The van der Waals surface area contributed by atoms with Crippen LogP contribution in [0, 0.1) is 11.7 Å². The van der Waals surface area contributed by atoms with Crippen LogP contribution < -0.4 is 10.1 Å². The van der Waals surface area contributed by atoms with E-state index in [0.717, 1.165) is 12.8 Å². The number of amides is 1. The van der Waals surface area contributed by atoms with Crippen LogP contribution in [-0.2, 0) is 4.79 Å². The maximum absolute atomic E-state index is 12.9. The predicted octanol–water partition coefficient (Wildman–Crippen LogP) is 2.51. The first kappa shape index (κ1) is 17.4. The summed E-state index contributed by atoms with van der Waals surface area (Å²) in [5.41, 5.74) is 0. The standard InChI is InChI=1S/C16H24FNO3/c1-3-12(4-2)15(19)11-18-16(20)8-9-21-14-7-5-6-13(17)10-14/h5-7,10,12,15,19H,3-4,8-9,11H2,1-2H3,(H,18,20). The minimum atomic E-state index is -0.520. The third-order valence-corrected chi connectivity index (χ3v) is 3.50. The van der Waals surface area contributed by atoms with E-state index < -0.39 is 6.10 Å². The maximum Gasteiger partial charge on any atom is 0.223 e. The Kier molecular flexibility index (Phi) is 7.75. The Bertz CT molecular complexity index is 435. The number of hydrogen-bond donors (Lipinski definition) is 2. The van der Waals surface area contributed by atoms with Gasteiger partial charge in [0, 0.05) is 12.6 Å². The molecule has 118 valence electrons. The van der Waals surface area contributed by atoms with Crippen molar-refractivity contribution in [3.63, 3.8) is 0 Å². The van der Waals surface area contributed by atoms with Gasteiger partial charge in [-0.2, -0.15) is 0 Å². The molecule has 0 aromatic heterocycles. The summed E-state index contributed by atoms with van der Waals surface area (Å²) in [5, 5.41) is 12.6. The molecule has 5 heteroatoms. The number of rotatable bonds is 9. The summed E-state index contributed by atoms with van der Waals surface area (Å²) in [6, 6.07) is 5.79. The minimum Gasteiger partial charge on any atom is -0.493 e. The molecule has 0 fully saturated rings. The minimum absolute atomic E-state index is 0.173. The van der Waals surface area contributed by atoms with Crippen molar-refractivity contribution in [1.29, 1.82) is 0 Å². The second-order valence-electron chi connectivity index (χ2n) is 5.00. The Hall–Kier alpha value is -1.62. The first-order valence-electron chi connectivity index (χ1n) is 7.39. The van der Waals surface area contributed by atoms with Crippen molar-refractivity contribution in [3.05, 3.63) is 30.1 Å². The molecule has 1 aromatic carbocycles. The van der Waals surface area contributed by atoms with Gasteiger partial charge in [-0.3, -0.25) is 4.79 Å². The molecule has 1 unspecified atom stereocenters. The summed E-state index contributed by atoms with van der Waals surface area (Å²) < 4.78 is 18.2. The summed E-state index contributed by atoms with van der Waals surface area (Å²) in [4.78, 5) is 11.6. The van der Waals surface area contributed by atoms with Crippen LogP contribution in [0.5, 0.6) is 5.75 Å². The van der Waals surface area contributed by atoms with E-state index in [2.05, 4.69) is 5.32 Å². The number of aliphatic hydroxyl groups excluding tert-OH is 1. The third-order valence-electron chi connectivity index (χ3n) is 3.50. The highest BCUT2D eigenvalue weighted by molar-refractivity contribution is 5.76. The van der Waals surface area contributed by atoms with Gasteiger partial charge in [-0.1, -0.05) is 32.8 Å². The van der Waals surface area contributed by atoms with E-state index >= 15 is 0 Å². The van der Waals surface area contributed by atoms with E-state index in [-0.39, 0.29) is 37.2 Å². The molecule has 1 rings (SSSR count). The van der Waals surface area contributed by atoms with Gasteiger partial charge >= 0.3 is 0 Å². The zero-order valence-corrected chi connectivity index (χ0v) is 12.6. The molecule has 4 nitrogen and oxygen atoms in total. The number of carbonyl (C=O) groups excluding carboxylic acids is 1. The van der Waals surface area contributed by atoms with Crippen LogP contribution in [-0.4, -0.2) is 30.3 Å². The fourth-order valence-corrected chi connectivity index (χ4v) is 2.12. The van der Waals surface area contributed by atoms with Gasteiger partial charge in [-0.15, -0.1) is 0 Å². The van der Waals surface area contributed by atoms with Gasteiger partial charge in [0.05, 0.1) is 19.1 Å². The first-order chi connectivity index (χ1) is 10.1. The Morgan fingerprint density at radius 2 is 2.10 bits per heavy atom. The van der Waals surface area contributed by atoms with Gasteiger partial charge in [0.25, 0.3) is 0 Å². The van der Waals surface area contributed by atoms with Crippen LogP contribution in [0.15, 0.2) is 24.3 Å². The normalized spacial score (nSPS) is 12.2. The van der Waals surface area contributed by atoms with Crippen LogP contribution in [0.4, 0.5) is 4.39 Å². The molecule has 1 amide bonds. The molecule has 0 aliphatic heterocycles. The number of benzene rings is 1. The highest BCUT2D eigenvalue weighted by Gasteiger charge is 2.16. The fraction of sp³-hybridized carbons (Fsp3) is 0.562. The van der Waals surface area contributed by atoms with Crippen LogP contribution in [0.3, 0.4) is 0 Å².